The number of pyridine rings is 1. The number of rotatable bonds is 6. The van der Waals surface area contributed by atoms with Crippen molar-refractivity contribution in [2.45, 2.75) is 25.8 Å². The molecule has 2 aromatic heterocycles. The zero-order valence-corrected chi connectivity index (χ0v) is 12.4. The molecular formula is C15H16N2O3S. The second-order valence-electron chi connectivity index (χ2n) is 4.53. The normalized spacial score (nSPS) is 11.9. The predicted molar refractivity (Wildman–Crippen MR) is 80.6 cm³/mol. The van der Waals surface area contributed by atoms with E-state index >= 15 is 0 Å². The maximum absolute atomic E-state index is 12.3. The van der Waals surface area contributed by atoms with E-state index < -0.39 is 11.9 Å². The topological polar surface area (TPSA) is 79.3 Å². The lowest BCUT2D eigenvalue weighted by Gasteiger charge is -2.17. The van der Waals surface area contributed by atoms with E-state index in [1.807, 2.05) is 24.4 Å². The Kier molecular flexibility index (Phi) is 5.05. The summed E-state index contributed by atoms with van der Waals surface area (Å²) in [6, 6.07) is 6.65. The van der Waals surface area contributed by atoms with Crippen molar-refractivity contribution in [3.05, 3.63) is 52.0 Å². The van der Waals surface area contributed by atoms with Crippen LogP contribution in [0.1, 0.15) is 51.5 Å². The first-order valence-electron chi connectivity index (χ1n) is 6.66. The number of hydrogen-bond acceptors (Lipinski definition) is 4. The highest BCUT2D eigenvalue weighted by molar-refractivity contribution is 7.10. The van der Waals surface area contributed by atoms with Crippen LogP contribution in [0.4, 0.5) is 0 Å². The Morgan fingerprint density at radius 3 is 2.81 bits per heavy atom. The van der Waals surface area contributed by atoms with Crippen LogP contribution in [-0.4, -0.2) is 22.0 Å². The Morgan fingerprint density at radius 2 is 2.19 bits per heavy atom. The van der Waals surface area contributed by atoms with Crippen molar-refractivity contribution in [3.63, 3.8) is 0 Å². The van der Waals surface area contributed by atoms with Crippen molar-refractivity contribution in [1.82, 2.24) is 10.3 Å². The third-order valence-electron chi connectivity index (χ3n) is 3.02. The number of amides is 1. The molecule has 0 saturated heterocycles. The van der Waals surface area contributed by atoms with Gasteiger partial charge in [0.05, 0.1) is 11.6 Å². The predicted octanol–water partition coefficient (Wildman–Crippen LogP) is 3.11. The number of aromatic carboxylic acids is 1. The first-order chi connectivity index (χ1) is 10.1. The Bertz CT molecular complexity index is 626. The van der Waals surface area contributed by atoms with E-state index in [2.05, 4.69) is 10.3 Å². The van der Waals surface area contributed by atoms with Crippen LogP contribution in [0.5, 0.6) is 0 Å². The maximum Gasteiger partial charge on any atom is 0.338 e. The second-order valence-corrected chi connectivity index (χ2v) is 5.51. The highest BCUT2D eigenvalue weighted by atomic mass is 32.1. The molecule has 2 aromatic rings. The summed E-state index contributed by atoms with van der Waals surface area (Å²) in [5.41, 5.74) is -0.140. The molecule has 0 radical (unpaired) electrons. The van der Waals surface area contributed by atoms with Gasteiger partial charge in [-0.05, 0) is 30.0 Å². The fourth-order valence-electron chi connectivity index (χ4n) is 2.05. The Morgan fingerprint density at radius 1 is 1.38 bits per heavy atom. The highest BCUT2D eigenvalue weighted by Crippen LogP contribution is 2.23. The summed E-state index contributed by atoms with van der Waals surface area (Å²) in [5, 5.41) is 13.9. The van der Waals surface area contributed by atoms with Gasteiger partial charge in [-0.1, -0.05) is 19.4 Å². The summed E-state index contributed by atoms with van der Waals surface area (Å²) < 4.78 is 0. The van der Waals surface area contributed by atoms with Gasteiger partial charge in [-0.25, -0.2) is 4.79 Å². The van der Waals surface area contributed by atoms with Crippen LogP contribution >= 0.6 is 11.3 Å². The van der Waals surface area contributed by atoms with E-state index in [1.54, 1.807) is 11.3 Å². The number of aromatic nitrogens is 1. The number of carbonyl (C=O) groups is 2. The van der Waals surface area contributed by atoms with E-state index in [1.165, 1.54) is 18.3 Å². The first kappa shape index (κ1) is 15.2. The minimum Gasteiger partial charge on any atom is -0.478 e. The molecule has 2 heterocycles. The third kappa shape index (κ3) is 3.66. The second kappa shape index (κ2) is 6.99. The highest BCUT2D eigenvalue weighted by Gasteiger charge is 2.21. The van der Waals surface area contributed by atoms with Crippen LogP contribution < -0.4 is 5.32 Å². The third-order valence-corrected chi connectivity index (χ3v) is 4.01. The van der Waals surface area contributed by atoms with Gasteiger partial charge < -0.3 is 10.4 Å². The zero-order chi connectivity index (χ0) is 15.2. The molecule has 0 aliphatic carbocycles. The van der Waals surface area contributed by atoms with E-state index in [0.717, 1.165) is 17.7 Å². The van der Waals surface area contributed by atoms with Crippen molar-refractivity contribution in [1.29, 1.82) is 0 Å². The molecule has 0 aliphatic rings. The average Bonchev–Trinajstić information content (AvgIpc) is 3.00. The number of carbonyl (C=O) groups excluding carboxylic acids is 1. The smallest absolute Gasteiger partial charge is 0.338 e. The van der Waals surface area contributed by atoms with Gasteiger partial charge in [0.1, 0.15) is 5.69 Å². The summed E-state index contributed by atoms with van der Waals surface area (Å²) in [7, 11) is 0. The van der Waals surface area contributed by atoms with Gasteiger partial charge in [-0.2, -0.15) is 0 Å². The summed E-state index contributed by atoms with van der Waals surface area (Å²) in [5.74, 6) is -1.61. The lowest BCUT2D eigenvalue weighted by molar-refractivity contribution is 0.0689. The molecule has 1 amide bonds. The number of carboxylic acids is 1. The average molecular weight is 304 g/mol. The van der Waals surface area contributed by atoms with Gasteiger partial charge >= 0.3 is 5.97 Å². The lowest BCUT2D eigenvalue weighted by atomic mass is 10.1. The van der Waals surface area contributed by atoms with Crippen molar-refractivity contribution in [2.24, 2.45) is 0 Å². The fourth-order valence-corrected chi connectivity index (χ4v) is 2.86. The fraction of sp³-hybridized carbons (Fsp3) is 0.267. The van der Waals surface area contributed by atoms with E-state index in [9.17, 15) is 9.59 Å². The number of carboxylic acid groups (broad SMARTS) is 1. The molecule has 0 spiro atoms. The summed E-state index contributed by atoms with van der Waals surface area (Å²) in [4.78, 5) is 28.4. The van der Waals surface area contributed by atoms with Crippen molar-refractivity contribution >= 4 is 23.2 Å². The molecule has 6 heteroatoms. The monoisotopic (exact) mass is 304 g/mol. The molecule has 1 unspecified atom stereocenters. The molecule has 5 nitrogen and oxygen atoms in total. The van der Waals surface area contributed by atoms with Crippen LogP contribution in [0.3, 0.4) is 0 Å². The van der Waals surface area contributed by atoms with Crippen molar-refractivity contribution in [3.8, 4) is 0 Å². The van der Waals surface area contributed by atoms with Crippen LogP contribution in [0.2, 0.25) is 0 Å². The molecule has 0 fully saturated rings. The molecule has 21 heavy (non-hydrogen) atoms. The molecule has 1 atom stereocenters. The SMILES string of the molecule is CCCC(NC(=O)c1ncccc1C(=O)O)c1cccs1. The summed E-state index contributed by atoms with van der Waals surface area (Å²) >= 11 is 1.57. The molecule has 110 valence electrons. The standard InChI is InChI=1S/C15H16N2O3S/c1-2-5-11(12-7-4-9-21-12)17-14(18)13-10(15(19)20)6-3-8-16-13/h3-4,6-9,11H,2,5H2,1H3,(H,17,18)(H,19,20). The molecule has 0 aliphatic heterocycles. The van der Waals surface area contributed by atoms with Crippen molar-refractivity contribution < 1.29 is 14.7 Å². The number of thiophene rings is 1. The first-order valence-corrected chi connectivity index (χ1v) is 7.54. The Balaban J connectivity index is 2.22. The molecular weight excluding hydrogens is 288 g/mol. The molecule has 0 aromatic carbocycles. The summed E-state index contributed by atoms with van der Waals surface area (Å²) in [6.07, 6.45) is 3.12. The Hall–Kier alpha value is -2.21. The van der Waals surface area contributed by atoms with E-state index in [-0.39, 0.29) is 17.3 Å². The van der Waals surface area contributed by atoms with Gasteiger partial charge in [-0.15, -0.1) is 11.3 Å². The zero-order valence-electron chi connectivity index (χ0n) is 11.6. The van der Waals surface area contributed by atoms with Gasteiger partial charge in [0.15, 0.2) is 0 Å². The van der Waals surface area contributed by atoms with Crippen LogP contribution in [0.25, 0.3) is 0 Å². The molecule has 2 rings (SSSR count). The van der Waals surface area contributed by atoms with Gasteiger partial charge in [0.2, 0.25) is 0 Å². The Labute approximate surface area is 126 Å². The van der Waals surface area contributed by atoms with Crippen LogP contribution in [-0.2, 0) is 0 Å². The van der Waals surface area contributed by atoms with Gasteiger partial charge in [0, 0.05) is 11.1 Å². The number of nitrogens with one attached hydrogen (secondary N) is 1. The quantitative estimate of drug-likeness (QED) is 0.859. The van der Waals surface area contributed by atoms with Crippen LogP contribution in [0, 0.1) is 0 Å². The number of hydrogen-bond donors (Lipinski definition) is 2. The summed E-state index contributed by atoms with van der Waals surface area (Å²) in [6.45, 7) is 2.04. The van der Waals surface area contributed by atoms with Gasteiger partial charge in [-0.3, -0.25) is 9.78 Å². The molecule has 0 saturated carbocycles. The van der Waals surface area contributed by atoms with Gasteiger partial charge in [0.25, 0.3) is 5.91 Å². The lowest BCUT2D eigenvalue weighted by Crippen LogP contribution is -2.30. The van der Waals surface area contributed by atoms with Crippen molar-refractivity contribution in [2.75, 3.05) is 0 Å². The minimum absolute atomic E-state index is 0.0531. The largest absolute Gasteiger partial charge is 0.478 e. The maximum atomic E-state index is 12.3. The molecule has 0 bridgehead atoms. The van der Waals surface area contributed by atoms with E-state index in [4.69, 9.17) is 5.11 Å². The number of nitrogens with zero attached hydrogens (tertiary/aromatic N) is 1. The van der Waals surface area contributed by atoms with Crippen LogP contribution in [0.15, 0.2) is 35.8 Å². The minimum atomic E-state index is -1.16. The van der Waals surface area contributed by atoms with E-state index in [0.29, 0.717) is 0 Å². The molecule has 2 N–H and O–H groups in total.